The summed E-state index contributed by atoms with van der Waals surface area (Å²) in [4.78, 5) is 29.7. The molecule has 9 heteroatoms. The first-order valence-corrected chi connectivity index (χ1v) is 11.3. The normalized spacial score (nSPS) is 10.9. The molecular formula is C26H27N3O6. The maximum Gasteiger partial charge on any atom is 0.420 e. The number of hydrogen-bond acceptors (Lipinski definition) is 7. The maximum atomic E-state index is 12.5. The Morgan fingerprint density at radius 2 is 1.89 bits per heavy atom. The number of anilines is 1. The van der Waals surface area contributed by atoms with E-state index in [4.69, 9.17) is 19.0 Å². The molecule has 2 aromatic heterocycles. The zero-order chi connectivity index (χ0) is 24.8. The Labute approximate surface area is 202 Å². The van der Waals surface area contributed by atoms with Crippen molar-refractivity contribution in [3.8, 4) is 11.5 Å². The van der Waals surface area contributed by atoms with Crippen LogP contribution in [0.4, 0.5) is 5.69 Å². The summed E-state index contributed by atoms with van der Waals surface area (Å²) < 4.78 is 18.4. The molecule has 2 aromatic carbocycles. The summed E-state index contributed by atoms with van der Waals surface area (Å²) in [6.45, 7) is 5.52. The lowest BCUT2D eigenvalue weighted by molar-refractivity contribution is -0.139. The van der Waals surface area contributed by atoms with E-state index in [9.17, 15) is 9.59 Å². The summed E-state index contributed by atoms with van der Waals surface area (Å²) in [7, 11) is 0. The molecule has 0 saturated heterocycles. The predicted molar refractivity (Wildman–Crippen MR) is 132 cm³/mol. The van der Waals surface area contributed by atoms with Crippen LogP contribution in [-0.2, 0) is 11.3 Å². The first kappa shape index (κ1) is 23.9. The van der Waals surface area contributed by atoms with E-state index in [1.165, 1.54) is 0 Å². The van der Waals surface area contributed by atoms with Crippen LogP contribution in [0.1, 0.15) is 18.1 Å². The molecule has 1 N–H and O–H groups in total. The van der Waals surface area contributed by atoms with Crippen LogP contribution in [0.15, 0.2) is 70.1 Å². The molecule has 182 valence electrons. The SMILES string of the molecule is CCN(CCOc1cc(Cn2c(=O)oc3ccc(C)cc32)ccc1OCC(=O)O)c1ccncc1. The molecule has 2 heterocycles. The van der Waals surface area contributed by atoms with Gasteiger partial charge in [-0.05, 0) is 61.4 Å². The van der Waals surface area contributed by atoms with Gasteiger partial charge in [0.15, 0.2) is 23.7 Å². The van der Waals surface area contributed by atoms with Crippen molar-refractivity contribution >= 4 is 22.8 Å². The van der Waals surface area contributed by atoms with E-state index < -0.39 is 18.3 Å². The molecule has 0 aliphatic rings. The molecule has 0 atom stereocenters. The average molecular weight is 478 g/mol. The summed E-state index contributed by atoms with van der Waals surface area (Å²) in [5.74, 6) is -0.799. The Hall–Kier alpha value is -4.27. The topological polar surface area (TPSA) is 107 Å². The summed E-state index contributed by atoms with van der Waals surface area (Å²) in [5.41, 5.74) is 4.07. The third kappa shape index (κ3) is 5.81. The number of aryl methyl sites for hydroxylation is 1. The van der Waals surface area contributed by atoms with Gasteiger partial charge in [0.1, 0.15) is 6.61 Å². The number of fused-ring (bicyclic) bond motifs is 1. The maximum absolute atomic E-state index is 12.5. The lowest BCUT2D eigenvalue weighted by Gasteiger charge is -2.23. The number of ether oxygens (including phenoxy) is 2. The summed E-state index contributed by atoms with van der Waals surface area (Å²) in [6.07, 6.45) is 3.48. The zero-order valence-electron chi connectivity index (χ0n) is 19.6. The lowest BCUT2D eigenvalue weighted by atomic mass is 10.2. The van der Waals surface area contributed by atoms with Crippen molar-refractivity contribution in [2.45, 2.75) is 20.4 Å². The Bertz CT molecular complexity index is 1360. The number of aliphatic carboxylic acids is 1. The van der Waals surface area contributed by atoms with Crippen LogP contribution >= 0.6 is 0 Å². The number of aromatic nitrogens is 2. The van der Waals surface area contributed by atoms with Gasteiger partial charge in [0.05, 0.1) is 18.6 Å². The Kier molecular flexibility index (Phi) is 7.35. The number of carboxylic acids is 1. The minimum absolute atomic E-state index is 0.267. The molecule has 0 amide bonds. The van der Waals surface area contributed by atoms with E-state index in [1.54, 1.807) is 41.2 Å². The van der Waals surface area contributed by atoms with Crippen molar-refractivity contribution in [1.82, 2.24) is 9.55 Å². The molecule has 0 aliphatic carbocycles. The minimum atomic E-state index is -1.08. The third-order valence-electron chi connectivity index (χ3n) is 5.55. The number of likely N-dealkylation sites (N-methyl/N-ethyl adjacent to an activating group) is 1. The number of benzene rings is 2. The predicted octanol–water partition coefficient (Wildman–Crippen LogP) is 3.71. The van der Waals surface area contributed by atoms with Crippen LogP contribution in [0.5, 0.6) is 11.5 Å². The fourth-order valence-electron chi connectivity index (χ4n) is 3.82. The van der Waals surface area contributed by atoms with E-state index in [0.29, 0.717) is 35.8 Å². The van der Waals surface area contributed by atoms with Gasteiger partial charge in [0.25, 0.3) is 0 Å². The van der Waals surface area contributed by atoms with Crippen LogP contribution in [0, 0.1) is 6.92 Å². The highest BCUT2D eigenvalue weighted by Gasteiger charge is 2.14. The van der Waals surface area contributed by atoms with Gasteiger partial charge in [0.2, 0.25) is 0 Å². The average Bonchev–Trinajstić information content (AvgIpc) is 3.16. The van der Waals surface area contributed by atoms with Gasteiger partial charge in [-0.1, -0.05) is 12.1 Å². The molecule has 0 saturated carbocycles. The van der Waals surface area contributed by atoms with Crippen LogP contribution < -0.4 is 20.1 Å². The minimum Gasteiger partial charge on any atom is -0.488 e. The Balaban J connectivity index is 1.55. The third-order valence-corrected chi connectivity index (χ3v) is 5.55. The summed E-state index contributed by atoms with van der Waals surface area (Å²) >= 11 is 0. The highest BCUT2D eigenvalue weighted by Crippen LogP contribution is 2.29. The van der Waals surface area contributed by atoms with Crippen molar-refractivity contribution in [2.75, 3.05) is 31.2 Å². The van der Waals surface area contributed by atoms with Gasteiger partial charge >= 0.3 is 11.7 Å². The number of nitrogens with zero attached hydrogens (tertiary/aromatic N) is 3. The second-order valence-electron chi connectivity index (χ2n) is 8.02. The van der Waals surface area contributed by atoms with Crippen molar-refractivity contribution < 1.29 is 23.8 Å². The molecule has 0 radical (unpaired) electrons. The van der Waals surface area contributed by atoms with E-state index in [1.807, 2.05) is 31.2 Å². The second kappa shape index (κ2) is 10.8. The Morgan fingerprint density at radius 1 is 1.09 bits per heavy atom. The van der Waals surface area contributed by atoms with Gasteiger partial charge in [-0.15, -0.1) is 0 Å². The molecule has 0 bridgehead atoms. The monoisotopic (exact) mass is 477 g/mol. The summed E-state index contributed by atoms with van der Waals surface area (Å²) in [6, 6.07) is 14.6. The van der Waals surface area contributed by atoms with Crippen LogP contribution in [-0.4, -0.2) is 46.9 Å². The second-order valence-corrected chi connectivity index (χ2v) is 8.02. The van der Waals surface area contributed by atoms with E-state index >= 15 is 0 Å². The molecule has 35 heavy (non-hydrogen) atoms. The van der Waals surface area contributed by atoms with E-state index in [-0.39, 0.29) is 6.54 Å². The van der Waals surface area contributed by atoms with Gasteiger partial charge in [-0.3, -0.25) is 9.55 Å². The first-order valence-electron chi connectivity index (χ1n) is 11.3. The number of carboxylic acid groups (broad SMARTS) is 1. The number of carbonyl (C=O) groups is 1. The number of pyridine rings is 1. The molecule has 0 spiro atoms. The zero-order valence-corrected chi connectivity index (χ0v) is 19.6. The van der Waals surface area contributed by atoms with Crippen molar-refractivity contribution in [1.29, 1.82) is 0 Å². The summed E-state index contributed by atoms with van der Waals surface area (Å²) in [5, 5.41) is 9.03. The number of hydrogen-bond donors (Lipinski definition) is 1. The first-order chi connectivity index (χ1) is 16.9. The van der Waals surface area contributed by atoms with E-state index in [0.717, 1.165) is 23.4 Å². The standard InChI is InChI=1S/C26H27N3O6/c1-3-28(20-8-10-27-11-9-20)12-13-33-24-15-19(5-7-23(24)34-17-25(30)31)16-29-21-14-18(2)4-6-22(21)35-26(29)32/h4-11,14-15H,3,12-13,16-17H2,1-2H3,(H,30,31). The van der Waals surface area contributed by atoms with Crippen molar-refractivity contribution in [3.05, 3.63) is 82.6 Å². The quantitative estimate of drug-likeness (QED) is 0.348. The fourth-order valence-corrected chi connectivity index (χ4v) is 3.82. The van der Waals surface area contributed by atoms with Gasteiger partial charge in [-0.2, -0.15) is 0 Å². The van der Waals surface area contributed by atoms with Gasteiger partial charge in [0, 0.05) is 24.6 Å². The van der Waals surface area contributed by atoms with Crippen LogP contribution in [0.3, 0.4) is 0 Å². The van der Waals surface area contributed by atoms with Gasteiger partial charge < -0.3 is 23.9 Å². The highest BCUT2D eigenvalue weighted by molar-refractivity contribution is 5.74. The van der Waals surface area contributed by atoms with Crippen molar-refractivity contribution in [3.63, 3.8) is 0 Å². The molecule has 4 rings (SSSR count). The largest absolute Gasteiger partial charge is 0.488 e. The molecule has 0 fully saturated rings. The molecule has 9 nitrogen and oxygen atoms in total. The smallest absolute Gasteiger partial charge is 0.420 e. The molecule has 4 aromatic rings. The lowest BCUT2D eigenvalue weighted by Crippen LogP contribution is -2.28. The van der Waals surface area contributed by atoms with Gasteiger partial charge in [-0.25, -0.2) is 9.59 Å². The van der Waals surface area contributed by atoms with Crippen molar-refractivity contribution in [2.24, 2.45) is 0 Å². The highest BCUT2D eigenvalue weighted by atomic mass is 16.5. The number of oxazole rings is 1. The van der Waals surface area contributed by atoms with Crippen LogP contribution in [0.25, 0.3) is 11.1 Å². The Morgan fingerprint density at radius 3 is 2.63 bits per heavy atom. The molecular weight excluding hydrogens is 450 g/mol. The molecule has 0 aliphatic heterocycles. The van der Waals surface area contributed by atoms with E-state index in [2.05, 4.69) is 16.8 Å². The fraction of sp³-hybridized carbons (Fsp3) is 0.269. The number of rotatable bonds is 11. The van der Waals surface area contributed by atoms with Crippen LogP contribution in [0.2, 0.25) is 0 Å². The molecule has 0 unspecified atom stereocenters.